The molecule has 1 fully saturated rings. The van der Waals surface area contributed by atoms with Crippen LogP contribution in [0.3, 0.4) is 0 Å². The fourth-order valence-corrected chi connectivity index (χ4v) is 2.31. The van der Waals surface area contributed by atoms with Gasteiger partial charge in [-0.3, -0.25) is 9.69 Å². The summed E-state index contributed by atoms with van der Waals surface area (Å²) in [7, 11) is 1.57. The maximum atomic E-state index is 12.7. The second-order valence-electron chi connectivity index (χ2n) is 5.38. The molecule has 2 N–H and O–H groups in total. The van der Waals surface area contributed by atoms with Crippen LogP contribution in [0, 0.1) is 0 Å². The molecule has 124 valence electrons. The molecule has 8 heteroatoms. The van der Waals surface area contributed by atoms with E-state index in [1.165, 1.54) is 0 Å². The van der Waals surface area contributed by atoms with E-state index in [9.17, 15) is 23.1 Å². The molecule has 0 aromatic heterocycles. The van der Waals surface area contributed by atoms with Crippen LogP contribution in [0.1, 0.15) is 26.2 Å². The number of rotatable bonds is 6. The Balaban J connectivity index is 2.41. The molecule has 5 nitrogen and oxygen atoms in total. The van der Waals surface area contributed by atoms with Crippen LogP contribution in [0.25, 0.3) is 0 Å². The molecule has 0 aliphatic carbocycles. The second kappa shape index (κ2) is 7.42. The van der Waals surface area contributed by atoms with Gasteiger partial charge >= 0.3 is 6.18 Å². The van der Waals surface area contributed by atoms with Crippen molar-refractivity contribution in [1.29, 1.82) is 0 Å². The first kappa shape index (κ1) is 18.2. The van der Waals surface area contributed by atoms with Crippen LogP contribution >= 0.6 is 0 Å². The van der Waals surface area contributed by atoms with E-state index in [1.807, 2.05) is 0 Å². The van der Waals surface area contributed by atoms with E-state index in [1.54, 1.807) is 18.9 Å². The Bertz CT molecular complexity index is 342. The zero-order chi connectivity index (χ0) is 16.1. The number of nitrogens with zero attached hydrogens (tertiary/aromatic N) is 1. The van der Waals surface area contributed by atoms with E-state index < -0.39 is 30.7 Å². The van der Waals surface area contributed by atoms with Gasteiger partial charge in [0, 0.05) is 33.4 Å². The predicted octanol–water partition coefficient (Wildman–Crippen LogP) is 0.917. The molecular weight excluding hydrogens is 289 g/mol. The lowest BCUT2D eigenvalue weighted by molar-refractivity contribution is -0.273. The molecule has 0 saturated carbocycles. The van der Waals surface area contributed by atoms with Gasteiger partial charge in [0.1, 0.15) is 0 Å². The summed E-state index contributed by atoms with van der Waals surface area (Å²) in [4.78, 5) is 13.5. The van der Waals surface area contributed by atoms with Gasteiger partial charge in [0.25, 0.3) is 0 Å². The highest BCUT2D eigenvalue weighted by atomic mass is 19.4. The summed E-state index contributed by atoms with van der Waals surface area (Å²) in [5.41, 5.74) is -2.63. The van der Waals surface area contributed by atoms with Gasteiger partial charge in [-0.05, 0) is 26.2 Å². The molecule has 21 heavy (non-hydrogen) atoms. The number of aliphatic hydroxyl groups is 1. The van der Waals surface area contributed by atoms with E-state index in [4.69, 9.17) is 4.74 Å². The maximum absolute atomic E-state index is 12.7. The monoisotopic (exact) mass is 312 g/mol. The number of amides is 1. The van der Waals surface area contributed by atoms with Crippen molar-refractivity contribution in [1.82, 2.24) is 10.2 Å². The summed E-state index contributed by atoms with van der Waals surface area (Å²) >= 11 is 0. The van der Waals surface area contributed by atoms with Crippen LogP contribution in [-0.4, -0.2) is 67.1 Å². The lowest BCUT2D eigenvalue weighted by Gasteiger charge is -2.40. The predicted molar refractivity (Wildman–Crippen MR) is 70.8 cm³/mol. The minimum absolute atomic E-state index is 0.0443. The molecule has 0 aromatic rings. The van der Waals surface area contributed by atoms with Crippen LogP contribution in [0.4, 0.5) is 13.2 Å². The van der Waals surface area contributed by atoms with Crippen molar-refractivity contribution in [3.63, 3.8) is 0 Å². The smallest absolute Gasteiger partial charge is 0.385 e. The first-order valence-corrected chi connectivity index (χ1v) is 7.01. The van der Waals surface area contributed by atoms with Crippen molar-refractivity contribution in [3.8, 4) is 0 Å². The van der Waals surface area contributed by atoms with Gasteiger partial charge in [-0.2, -0.15) is 13.2 Å². The zero-order valence-corrected chi connectivity index (χ0v) is 12.4. The Morgan fingerprint density at radius 2 is 2.00 bits per heavy atom. The number of methoxy groups -OCH3 is 1. The standard InChI is InChI=1S/C13H23F3N2O3/c1-10(11(19)17-6-3-9-21-2)18-7-4-12(20,5-8-18)13(14,15)16/h10,20H,3-9H2,1-2H3,(H,17,19). The highest BCUT2D eigenvalue weighted by Crippen LogP contribution is 2.38. The summed E-state index contributed by atoms with van der Waals surface area (Å²) in [6.45, 7) is 2.75. The van der Waals surface area contributed by atoms with Gasteiger partial charge in [-0.15, -0.1) is 0 Å². The zero-order valence-electron chi connectivity index (χ0n) is 12.4. The lowest BCUT2D eigenvalue weighted by Crippen LogP contribution is -2.57. The second-order valence-corrected chi connectivity index (χ2v) is 5.38. The Kier molecular flexibility index (Phi) is 6.42. The number of piperidine rings is 1. The summed E-state index contributed by atoms with van der Waals surface area (Å²) in [5.74, 6) is -0.219. The summed E-state index contributed by atoms with van der Waals surface area (Å²) in [5, 5.41) is 12.3. The molecule has 0 spiro atoms. The van der Waals surface area contributed by atoms with Gasteiger partial charge in [0.2, 0.25) is 5.91 Å². The van der Waals surface area contributed by atoms with E-state index in [-0.39, 0.29) is 19.0 Å². The van der Waals surface area contributed by atoms with E-state index >= 15 is 0 Å². The van der Waals surface area contributed by atoms with Crippen LogP contribution in [-0.2, 0) is 9.53 Å². The highest BCUT2D eigenvalue weighted by Gasteiger charge is 2.54. The fraction of sp³-hybridized carbons (Fsp3) is 0.923. The molecule has 0 aromatic carbocycles. The molecule has 1 saturated heterocycles. The van der Waals surface area contributed by atoms with E-state index in [2.05, 4.69) is 5.32 Å². The molecule has 1 atom stereocenters. The number of alkyl halides is 3. The SMILES string of the molecule is COCCCNC(=O)C(C)N1CCC(O)(C(F)(F)F)CC1. The maximum Gasteiger partial charge on any atom is 0.417 e. The van der Waals surface area contributed by atoms with Crippen LogP contribution in [0.2, 0.25) is 0 Å². The topological polar surface area (TPSA) is 61.8 Å². The normalized spacial score (nSPS) is 21.0. The van der Waals surface area contributed by atoms with Crippen molar-refractivity contribution in [2.45, 2.75) is 44.0 Å². The van der Waals surface area contributed by atoms with Crippen molar-refractivity contribution in [3.05, 3.63) is 0 Å². The Labute approximate surface area is 122 Å². The summed E-state index contributed by atoms with van der Waals surface area (Å²) in [6, 6.07) is -0.509. The van der Waals surface area contributed by atoms with Gasteiger partial charge < -0.3 is 15.2 Å². The highest BCUT2D eigenvalue weighted by molar-refractivity contribution is 5.81. The number of halogens is 3. The van der Waals surface area contributed by atoms with Crippen molar-refractivity contribution >= 4 is 5.91 Å². The minimum Gasteiger partial charge on any atom is -0.385 e. The number of ether oxygens (including phenoxy) is 1. The average Bonchev–Trinajstić information content (AvgIpc) is 2.42. The van der Waals surface area contributed by atoms with Crippen molar-refractivity contribution in [2.75, 3.05) is 33.4 Å². The minimum atomic E-state index is -4.62. The molecule has 1 aliphatic rings. The van der Waals surface area contributed by atoms with Crippen LogP contribution < -0.4 is 5.32 Å². The quantitative estimate of drug-likeness (QED) is 0.716. The molecule has 0 radical (unpaired) electrons. The first-order valence-electron chi connectivity index (χ1n) is 7.01. The third-order valence-electron chi connectivity index (χ3n) is 3.90. The summed E-state index contributed by atoms with van der Waals surface area (Å²) < 4.78 is 42.9. The number of carbonyl (C=O) groups is 1. The van der Waals surface area contributed by atoms with Crippen molar-refractivity contribution < 1.29 is 27.8 Å². The van der Waals surface area contributed by atoms with Gasteiger partial charge in [0.05, 0.1) is 6.04 Å². The molecular formula is C13H23F3N2O3. The number of carbonyl (C=O) groups excluding carboxylic acids is 1. The van der Waals surface area contributed by atoms with Crippen molar-refractivity contribution in [2.24, 2.45) is 0 Å². The van der Waals surface area contributed by atoms with E-state index in [0.29, 0.717) is 19.6 Å². The third-order valence-corrected chi connectivity index (χ3v) is 3.90. The first-order chi connectivity index (χ1) is 9.71. The lowest BCUT2D eigenvalue weighted by atomic mass is 9.90. The number of likely N-dealkylation sites (tertiary alicyclic amines) is 1. The molecule has 1 unspecified atom stereocenters. The van der Waals surface area contributed by atoms with Gasteiger partial charge in [-0.25, -0.2) is 0 Å². The van der Waals surface area contributed by atoms with Crippen LogP contribution in [0.5, 0.6) is 0 Å². The largest absolute Gasteiger partial charge is 0.417 e. The Hall–Kier alpha value is -0.860. The number of hydrogen-bond donors (Lipinski definition) is 2. The fourth-order valence-electron chi connectivity index (χ4n) is 2.31. The van der Waals surface area contributed by atoms with Crippen LogP contribution in [0.15, 0.2) is 0 Å². The molecule has 1 aliphatic heterocycles. The summed E-state index contributed by atoms with van der Waals surface area (Å²) in [6.07, 6.45) is -4.75. The number of hydrogen-bond acceptors (Lipinski definition) is 4. The molecule has 1 rings (SSSR count). The number of nitrogens with one attached hydrogen (secondary N) is 1. The third kappa shape index (κ3) is 4.82. The van der Waals surface area contributed by atoms with E-state index in [0.717, 1.165) is 0 Å². The average molecular weight is 312 g/mol. The molecule has 1 heterocycles. The van der Waals surface area contributed by atoms with Gasteiger partial charge in [0.15, 0.2) is 5.60 Å². The Morgan fingerprint density at radius 1 is 1.43 bits per heavy atom. The molecule has 0 bridgehead atoms. The molecule has 1 amide bonds. The van der Waals surface area contributed by atoms with Gasteiger partial charge in [-0.1, -0.05) is 0 Å². The Morgan fingerprint density at radius 3 is 2.48 bits per heavy atom.